The molecule has 1 aromatic carbocycles. The smallest absolute Gasteiger partial charge is 0.254 e. The van der Waals surface area contributed by atoms with Crippen LogP contribution in [0, 0.1) is 0 Å². The van der Waals surface area contributed by atoms with Gasteiger partial charge in [0.25, 0.3) is 5.91 Å². The van der Waals surface area contributed by atoms with Gasteiger partial charge in [0.2, 0.25) is 0 Å². The molecule has 0 saturated carbocycles. The molecule has 1 rings (SSSR count). The molecule has 0 fully saturated rings. The van der Waals surface area contributed by atoms with Crippen LogP contribution in [0.2, 0.25) is 0 Å². The van der Waals surface area contributed by atoms with E-state index in [2.05, 4.69) is 13.8 Å². The van der Waals surface area contributed by atoms with Gasteiger partial charge in [0, 0.05) is 32.9 Å². The standard InChI is InChI=1S/C23H39NO5/c1-5-7-9-15-28-21-12-11-20(19-22(21)29-16-10-8-6-2)23(25)24(13-17-26-3)14-18-27-4/h11-12,19H,5-10,13-18H2,1-4H3. The number of hydrogen-bond acceptors (Lipinski definition) is 5. The van der Waals surface area contributed by atoms with Gasteiger partial charge in [-0.3, -0.25) is 4.79 Å². The van der Waals surface area contributed by atoms with Crippen molar-refractivity contribution in [3.05, 3.63) is 23.8 Å². The molecule has 0 heterocycles. The lowest BCUT2D eigenvalue weighted by molar-refractivity contribution is 0.0627. The van der Waals surface area contributed by atoms with Crippen LogP contribution in [0.25, 0.3) is 0 Å². The number of ether oxygens (including phenoxy) is 4. The third-order valence-electron chi connectivity index (χ3n) is 4.62. The number of benzene rings is 1. The zero-order valence-electron chi connectivity index (χ0n) is 18.7. The van der Waals surface area contributed by atoms with E-state index in [1.54, 1.807) is 25.2 Å². The zero-order chi connectivity index (χ0) is 21.3. The minimum Gasteiger partial charge on any atom is -0.490 e. The molecule has 166 valence electrons. The summed E-state index contributed by atoms with van der Waals surface area (Å²) >= 11 is 0. The monoisotopic (exact) mass is 409 g/mol. The van der Waals surface area contributed by atoms with Crippen LogP contribution in [-0.4, -0.2) is 64.5 Å². The summed E-state index contributed by atoms with van der Waals surface area (Å²) in [6.07, 6.45) is 6.53. The normalized spacial score (nSPS) is 10.8. The lowest BCUT2D eigenvalue weighted by Gasteiger charge is -2.23. The number of methoxy groups -OCH3 is 2. The van der Waals surface area contributed by atoms with E-state index in [1.807, 2.05) is 12.1 Å². The average Bonchev–Trinajstić information content (AvgIpc) is 2.74. The number of carbonyl (C=O) groups excluding carboxylic acids is 1. The van der Waals surface area contributed by atoms with E-state index in [1.165, 1.54) is 0 Å². The van der Waals surface area contributed by atoms with Crippen LogP contribution in [0.4, 0.5) is 0 Å². The summed E-state index contributed by atoms with van der Waals surface area (Å²) < 4.78 is 22.2. The quantitative estimate of drug-likeness (QED) is 0.353. The van der Waals surface area contributed by atoms with Crippen molar-refractivity contribution in [3.63, 3.8) is 0 Å². The van der Waals surface area contributed by atoms with Crippen molar-refractivity contribution >= 4 is 5.91 Å². The molecule has 0 spiro atoms. The maximum absolute atomic E-state index is 13.0. The van der Waals surface area contributed by atoms with Gasteiger partial charge in [-0.2, -0.15) is 0 Å². The van der Waals surface area contributed by atoms with Gasteiger partial charge in [0.1, 0.15) is 0 Å². The summed E-state index contributed by atoms with van der Waals surface area (Å²) in [6.45, 7) is 7.59. The number of rotatable bonds is 17. The van der Waals surface area contributed by atoms with Crippen LogP contribution in [0.5, 0.6) is 11.5 Å². The lowest BCUT2D eigenvalue weighted by Crippen LogP contribution is -2.36. The lowest BCUT2D eigenvalue weighted by atomic mass is 10.1. The third-order valence-corrected chi connectivity index (χ3v) is 4.62. The van der Waals surface area contributed by atoms with Gasteiger partial charge in [-0.15, -0.1) is 0 Å². The van der Waals surface area contributed by atoms with E-state index in [9.17, 15) is 4.79 Å². The second kappa shape index (κ2) is 16.1. The minimum absolute atomic E-state index is 0.0601. The largest absolute Gasteiger partial charge is 0.490 e. The van der Waals surface area contributed by atoms with Crippen molar-refractivity contribution in [2.24, 2.45) is 0 Å². The summed E-state index contributed by atoms with van der Waals surface area (Å²) in [6, 6.07) is 5.46. The number of carbonyl (C=O) groups is 1. The molecule has 29 heavy (non-hydrogen) atoms. The number of amides is 1. The van der Waals surface area contributed by atoms with Crippen molar-refractivity contribution < 1.29 is 23.7 Å². The molecule has 0 bridgehead atoms. The molecule has 1 aromatic rings. The molecule has 0 aromatic heterocycles. The predicted molar refractivity (Wildman–Crippen MR) is 116 cm³/mol. The highest BCUT2D eigenvalue weighted by Crippen LogP contribution is 2.29. The Balaban J connectivity index is 2.91. The fourth-order valence-electron chi connectivity index (χ4n) is 2.84. The fraction of sp³-hybridized carbons (Fsp3) is 0.696. The zero-order valence-corrected chi connectivity index (χ0v) is 18.7. The number of hydrogen-bond donors (Lipinski definition) is 0. The van der Waals surface area contributed by atoms with Gasteiger partial charge >= 0.3 is 0 Å². The van der Waals surface area contributed by atoms with Gasteiger partial charge in [0.15, 0.2) is 11.5 Å². The Kier molecular flexibility index (Phi) is 14.0. The molecule has 0 atom stereocenters. The molecule has 0 N–H and O–H groups in total. The van der Waals surface area contributed by atoms with Crippen LogP contribution in [0.15, 0.2) is 18.2 Å². The molecule has 0 aliphatic carbocycles. The molecule has 0 unspecified atom stereocenters. The summed E-state index contributed by atoms with van der Waals surface area (Å²) in [5, 5.41) is 0. The fourth-order valence-corrected chi connectivity index (χ4v) is 2.84. The van der Waals surface area contributed by atoms with Gasteiger partial charge < -0.3 is 23.8 Å². The highest BCUT2D eigenvalue weighted by molar-refractivity contribution is 5.95. The van der Waals surface area contributed by atoms with Gasteiger partial charge in [-0.25, -0.2) is 0 Å². The molecular weight excluding hydrogens is 370 g/mol. The van der Waals surface area contributed by atoms with Crippen molar-refractivity contribution in [1.82, 2.24) is 4.90 Å². The molecule has 6 heteroatoms. The maximum Gasteiger partial charge on any atom is 0.254 e. The third kappa shape index (κ3) is 9.99. The van der Waals surface area contributed by atoms with Crippen molar-refractivity contribution in [2.45, 2.75) is 52.4 Å². The molecule has 1 amide bonds. The van der Waals surface area contributed by atoms with Crippen LogP contribution < -0.4 is 9.47 Å². The van der Waals surface area contributed by atoms with Crippen molar-refractivity contribution in [2.75, 3.05) is 53.7 Å². The maximum atomic E-state index is 13.0. The SMILES string of the molecule is CCCCCOc1ccc(C(=O)N(CCOC)CCOC)cc1OCCCCC. The van der Waals surface area contributed by atoms with E-state index < -0.39 is 0 Å². The summed E-state index contributed by atoms with van der Waals surface area (Å²) in [7, 11) is 3.26. The van der Waals surface area contributed by atoms with Crippen molar-refractivity contribution in [3.8, 4) is 11.5 Å². The summed E-state index contributed by atoms with van der Waals surface area (Å²) in [5.41, 5.74) is 0.587. The molecule has 6 nitrogen and oxygen atoms in total. The Labute approximate surface area is 176 Å². The molecular formula is C23H39NO5. The highest BCUT2D eigenvalue weighted by atomic mass is 16.5. The van der Waals surface area contributed by atoms with Gasteiger partial charge in [-0.1, -0.05) is 39.5 Å². The van der Waals surface area contributed by atoms with E-state index in [0.717, 1.165) is 38.5 Å². The number of unbranched alkanes of at least 4 members (excludes halogenated alkanes) is 4. The van der Waals surface area contributed by atoms with Crippen LogP contribution in [-0.2, 0) is 9.47 Å². The first-order valence-electron chi connectivity index (χ1n) is 10.8. The summed E-state index contributed by atoms with van der Waals surface area (Å²) in [5.74, 6) is 1.28. The molecule has 0 aliphatic heterocycles. The van der Waals surface area contributed by atoms with E-state index in [-0.39, 0.29) is 5.91 Å². The average molecular weight is 410 g/mol. The van der Waals surface area contributed by atoms with Crippen LogP contribution in [0.3, 0.4) is 0 Å². The second-order valence-electron chi connectivity index (χ2n) is 7.05. The minimum atomic E-state index is -0.0601. The van der Waals surface area contributed by atoms with Gasteiger partial charge in [0.05, 0.1) is 26.4 Å². The topological polar surface area (TPSA) is 57.2 Å². The first kappa shape index (κ1) is 25.2. The Bertz CT molecular complexity index is 556. The first-order chi connectivity index (χ1) is 14.2. The van der Waals surface area contributed by atoms with Gasteiger partial charge in [-0.05, 0) is 31.0 Å². The summed E-state index contributed by atoms with van der Waals surface area (Å²) in [4.78, 5) is 14.8. The van der Waals surface area contributed by atoms with Crippen LogP contribution >= 0.6 is 0 Å². The van der Waals surface area contributed by atoms with E-state index in [0.29, 0.717) is 56.6 Å². The Hall–Kier alpha value is -1.79. The van der Waals surface area contributed by atoms with Crippen molar-refractivity contribution in [1.29, 1.82) is 0 Å². The Morgan fingerprint density at radius 2 is 1.34 bits per heavy atom. The Morgan fingerprint density at radius 3 is 1.86 bits per heavy atom. The van der Waals surface area contributed by atoms with E-state index >= 15 is 0 Å². The Morgan fingerprint density at radius 1 is 0.793 bits per heavy atom. The van der Waals surface area contributed by atoms with E-state index in [4.69, 9.17) is 18.9 Å². The van der Waals surface area contributed by atoms with Crippen LogP contribution in [0.1, 0.15) is 62.7 Å². The molecule has 0 radical (unpaired) electrons. The highest BCUT2D eigenvalue weighted by Gasteiger charge is 2.18. The predicted octanol–water partition coefficient (Wildman–Crippen LogP) is 4.56. The second-order valence-corrected chi connectivity index (χ2v) is 7.05. The molecule has 0 aliphatic rings. The molecule has 0 saturated heterocycles. The first-order valence-corrected chi connectivity index (χ1v) is 10.8. The number of nitrogens with zero attached hydrogens (tertiary/aromatic N) is 1.